The zero-order chi connectivity index (χ0) is 24.4. The fourth-order valence-corrected chi connectivity index (χ4v) is 4.17. The smallest absolute Gasteiger partial charge is 0.330 e. The van der Waals surface area contributed by atoms with Crippen LogP contribution in [0.2, 0.25) is 0 Å². The number of carbonyl (C=O) groups excluding carboxylic acids is 1. The molecule has 0 aliphatic rings. The van der Waals surface area contributed by atoms with Crippen LogP contribution in [0.3, 0.4) is 0 Å². The molecule has 0 bridgehead atoms. The van der Waals surface area contributed by atoms with E-state index < -0.39 is 11.2 Å². The second-order valence-electron chi connectivity index (χ2n) is 7.83. The van der Waals surface area contributed by atoms with Gasteiger partial charge in [0.2, 0.25) is 5.91 Å². The van der Waals surface area contributed by atoms with Crippen LogP contribution >= 0.6 is 11.8 Å². The molecule has 0 aliphatic carbocycles. The van der Waals surface area contributed by atoms with Crippen LogP contribution in [0.15, 0.2) is 25.6 Å². The highest BCUT2D eigenvalue weighted by Crippen LogP contribution is 2.21. The summed E-state index contributed by atoms with van der Waals surface area (Å²) in [6, 6.07) is 1.45. The molecule has 2 aromatic rings. The highest BCUT2D eigenvalue weighted by molar-refractivity contribution is 7.99. The number of nitrogens with one attached hydrogen (secondary N) is 2. The van der Waals surface area contributed by atoms with Gasteiger partial charge in [-0.1, -0.05) is 58.2 Å². The van der Waals surface area contributed by atoms with Gasteiger partial charge >= 0.3 is 5.69 Å². The summed E-state index contributed by atoms with van der Waals surface area (Å²) in [6.07, 6.45) is 5.56. The van der Waals surface area contributed by atoms with Crippen molar-refractivity contribution in [3.8, 4) is 0 Å². The van der Waals surface area contributed by atoms with Crippen LogP contribution in [0.5, 0.6) is 0 Å². The van der Waals surface area contributed by atoms with Crippen LogP contribution in [0.25, 0.3) is 0 Å². The number of nitrogens with two attached hydrogens (primary N) is 1. The Morgan fingerprint density at radius 2 is 1.82 bits per heavy atom. The number of aryl methyl sites for hydroxylation is 1. The van der Waals surface area contributed by atoms with Crippen LogP contribution in [0, 0.1) is 0 Å². The van der Waals surface area contributed by atoms with E-state index in [1.165, 1.54) is 15.5 Å². The standard InChI is InChI=1S/C22H34N6O4S/c1-4-7-9-12-27(18-19(23)28(11-8-5-2)22(32)26-20(18)31)17(30)14-33-21-24-15(10-6-3)13-16(29)25-21/h13H,4-12,14,23H2,1-3H3,(H,24,25,29)(H,26,31,32). The number of hydrogen-bond donors (Lipinski definition) is 3. The number of aromatic nitrogens is 4. The Kier molecular flexibility index (Phi) is 10.4. The van der Waals surface area contributed by atoms with E-state index in [1.807, 2.05) is 20.8 Å². The molecule has 4 N–H and O–H groups in total. The first kappa shape index (κ1) is 26.4. The highest BCUT2D eigenvalue weighted by Gasteiger charge is 2.24. The minimum absolute atomic E-state index is 0.00593. The SMILES string of the molecule is CCCCCN(C(=O)CSc1nc(CCC)cc(=O)[nH]1)c1c(N)n(CCCC)c(=O)[nH]c1=O. The molecule has 182 valence electrons. The van der Waals surface area contributed by atoms with Gasteiger partial charge < -0.3 is 15.6 Å². The number of rotatable bonds is 13. The predicted octanol–water partition coefficient (Wildman–Crippen LogP) is 2.27. The van der Waals surface area contributed by atoms with Gasteiger partial charge in [0, 0.05) is 24.8 Å². The molecule has 0 spiro atoms. The van der Waals surface area contributed by atoms with Crippen molar-refractivity contribution in [3.05, 3.63) is 43.0 Å². The predicted molar refractivity (Wildman–Crippen MR) is 132 cm³/mol. The molecule has 0 atom stereocenters. The molecule has 33 heavy (non-hydrogen) atoms. The molecule has 1 amide bonds. The molecule has 0 fully saturated rings. The van der Waals surface area contributed by atoms with E-state index in [0.717, 1.165) is 37.4 Å². The third-order valence-corrected chi connectivity index (χ3v) is 5.98. The molecule has 11 heteroatoms. The highest BCUT2D eigenvalue weighted by atomic mass is 32.2. The Bertz CT molecular complexity index is 1110. The van der Waals surface area contributed by atoms with Gasteiger partial charge in [0.05, 0.1) is 5.75 Å². The molecule has 0 unspecified atom stereocenters. The maximum absolute atomic E-state index is 13.2. The van der Waals surface area contributed by atoms with Crippen molar-refractivity contribution in [2.45, 2.75) is 77.4 Å². The number of hydrogen-bond acceptors (Lipinski definition) is 7. The zero-order valence-electron chi connectivity index (χ0n) is 19.6. The Balaban J connectivity index is 2.35. The fourth-order valence-electron chi connectivity index (χ4n) is 3.40. The van der Waals surface area contributed by atoms with E-state index in [-0.39, 0.29) is 28.7 Å². The van der Waals surface area contributed by atoms with E-state index in [0.29, 0.717) is 43.2 Å². The number of H-pyrrole nitrogens is 2. The monoisotopic (exact) mass is 478 g/mol. The summed E-state index contributed by atoms with van der Waals surface area (Å²) in [6.45, 7) is 6.67. The van der Waals surface area contributed by atoms with Gasteiger partial charge in [0.1, 0.15) is 5.82 Å². The van der Waals surface area contributed by atoms with Crippen LogP contribution < -0.4 is 27.4 Å². The second-order valence-corrected chi connectivity index (χ2v) is 8.80. The first-order chi connectivity index (χ1) is 15.8. The summed E-state index contributed by atoms with van der Waals surface area (Å²) in [7, 11) is 0. The molecule has 2 aromatic heterocycles. The number of aromatic amines is 2. The van der Waals surface area contributed by atoms with E-state index in [2.05, 4.69) is 15.0 Å². The van der Waals surface area contributed by atoms with E-state index in [4.69, 9.17) is 5.73 Å². The number of thioether (sulfide) groups is 1. The molecule has 0 saturated heterocycles. The van der Waals surface area contributed by atoms with Crippen molar-refractivity contribution < 1.29 is 4.79 Å². The van der Waals surface area contributed by atoms with Crippen LogP contribution in [0.1, 0.15) is 65.0 Å². The lowest BCUT2D eigenvalue weighted by Crippen LogP contribution is -2.42. The maximum atomic E-state index is 13.2. The lowest BCUT2D eigenvalue weighted by atomic mass is 10.2. The molecule has 0 aliphatic heterocycles. The largest absolute Gasteiger partial charge is 0.383 e. The number of amides is 1. The number of anilines is 2. The Hall–Kier alpha value is -2.82. The van der Waals surface area contributed by atoms with Crippen LogP contribution in [0.4, 0.5) is 11.5 Å². The van der Waals surface area contributed by atoms with Crippen LogP contribution in [-0.2, 0) is 17.8 Å². The lowest BCUT2D eigenvalue weighted by molar-refractivity contribution is -0.116. The van der Waals surface area contributed by atoms with Gasteiger partial charge in [-0.15, -0.1) is 0 Å². The van der Waals surface area contributed by atoms with Crippen molar-refractivity contribution in [2.24, 2.45) is 0 Å². The number of nitrogens with zero attached hydrogens (tertiary/aromatic N) is 3. The summed E-state index contributed by atoms with van der Waals surface area (Å²) in [5, 5.41) is 0.350. The van der Waals surface area contributed by atoms with Crippen molar-refractivity contribution in [3.63, 3.8) is 0 Å². The summed E-state index contributed by atoms with van der Waals surface area (Å²) < 4.78 is 1.31. The van der Waals surface area contributed by atoms with E-state index in [1.54, 1.807) is 0 Å². The zero-order valence-corrected chi connectivity index (χ0v) is 20.4. The first-order valence-electron chi connectivity index (χ1n) is 11.5. The number of carbonyl (C=O) groups is 1. The summed E-state index contributed by atoms with van der Waals surface area (Å²) >= 11 is 1.10. The summed E-state index contributed by atoms with van der Waals surface area (Å²) in [5.74, 6) is -0.404. The Morgan fingerprint density at radius 3 is 2.48 bits per heavy atom. The van der Waals surface area contributed by atoms with E-state index in [9.17, 15) is 19.2 Å². The Morgan fingerprint density at radius 1 is 1.09 bits per heavy atom. The third-order valence-electron chi connectivity index (χ3n) is 5.12. The van der Waals surface area contributed by atoms with E-state index >= 15 is 0 Å². The third kappa shape index (κ3) is 7.34. The fraction of sp³-hybridized carbons (Fsp3) is 0.591. The normalized spacial score (nSPS) is 11.0. The van der Waals surface area contributed by atoms with Gasteiger partial charge in [-0.3, -0.25) is 23.9 Å². The summed E-state index contributed by atoms with van der Waals surface area (Å²) in [5.41, 5.74) is 5.35. The molecule has 10 nitrogen and oxygen atoms in total. The van der Waals surface area contributed by atoms with Gasteiger partial charge in [-0.2, -0.15) is 0 Å². The van der Waals surface area contributed by atoms with Gasteiger partial charge in [0.25, 0.3) is 11.1 Å². The first-order valence-corrected chi connectivity index (χ1v) is 12.5. The topological polar surface area (TPSA) is 147 Å². The lowest BCUT2D eigenvalue weighted by Gasteiger charge is -2.24. The van der Waals surface area contributed by atoms with Crippen molar-refractivity contribution in [2.75, 3.05) is 22.9 Å². The van der Waals surface area contributed by atoms with Crippen molar-refractivity contribution in [1.82, 2.24) is 19.5 Å². The maximum Gasteiger partial charge on any atom is 0.330 e. The molecule has 2 heterocycles. The summed E-state index contributed by atoms with van der Waals surface area (Å²) in [4.78, 5) is 60.8. The molecule has 0 radical (unpaired) electrons. The van der Waals surface area contributed by atoms with Crippen LogP contribution in [-0.4, -0.2) is 37.7 Å². The minimum Gasteiger partial charge on any atom is -0.383 e. The number of unbranched alkanes of at least 4 members (excludes halogenated alkanes) is 3. The number of nitrogen functional groups attached to an aromatic ring is 1. The van der Waals surface area contributed by atoms with Crippen molar-refractivity contribution >= 4 is 29.2 Å². The second kappa shape index (κ2) is 13.0. The minimum atomic E-state index is -0.684. The van der Waals surface area contributed by atoms with Gasteiger partial charge in [-0.05, 0) is 19.3 Å². The van der Waals surface area contributed by atoms with Gasteiger partial charge in [-0.25, -0.2) is 9.78 Å². The molecule has 0 aromatic carbocycles. The molecular weight excluding hydrogens is 444 g/mol. The molecule has 0 saturated carbocycles. The van der Waals surface area contributed by atoms with Gasteiger partial charge in [0.15, 0.2) is 10.8 Å². The van der Waals surface area contributed by atoms with Crippen molar-refractivity contribution in [1.29, 1.82) is 0 Å². The Labute approximate surface area is 197 Å². The quantitative estimate of drug-likeness (QED) is 0.227. The molecular formula is C22H34N6O4S. The average molecular weight is 479 g/mol. The molecule has 2 rings (SSSR count). The average Bonchev–Trinajstić information content (AvgIpc) is 2.76.